The summed E-state index contributed by atoms with van der Waals surface area (Å²) < 4.78 is 2.02. The van der Waals surface area contributed by atoms with E-state index in [-0.39, 0.29) is 0 Å². The molecule has 3 aromatic heterocycles. The van der Waals surface area contributed by atoms with Crippen LogP contribution in [0.1, 0.15) is 0 Å². The minimum atomic E-state index is 0.493. The summed E-state index contributed by atoms with van der Waals surface area (Å²) in [4.78, 5) is 12.6. The van der Waals surface area contributed by atoms with Crippen molar-refractivity contribution in [2.75, 3.05) is 5.73 Å². The lowest BCUT2D eigenvalue weighted by atomic mass is 10.2. The van der Waals surface area contributed by atoms with E-state index in [1.54, 1.807) is 18.6 Å². The zero-order valence-electron chi connectivity index (χ0n) is 9.33. The largest absolute Gasteiger partial charge is 0.384 e. The van der Waals surface area contributed by atoms with Gasteiger partial charge in [0.1, 0.15) is 17.2 Å². The van der Waals surface area contributed by atoms with E-state index in [0.717, 1.165) is 22.4 Å². The van der Waals surface area contributed by atoms with E-state index in [1.807, 2.05) is 29.8 Å². The van der Waals surface area contributed by atoms with Crippen LogP contribution in [-0.2, 0) is 7.05 Å². The quantitative estimate of drug-likeness (QED) is 0.683. The lowest BCUT2D eigenvalue weighted by Crippen LogP contribution is -1.95. The molecular formula is C12H11N5. The number of anilines is 1. The van der Waals surface area contributed by atoms with Crippen molar-refractivity contribution in [2.45, 2.75) is 0 Å². The number of nitrogens with zero attached hydrogens (tertiary/aromatic N) is 4. The lowest BCUT2D eigenvalue weighted by molar-refractivity contribution is 0.958. The Balaban J connectivity index is 2.27. The van der Waals surface area contributed by atoms with E-state index in [9.17, 15) is 0 Å². The van der Waals surface area contributed by atoms with Crippen molar-refractivity contribution in [1.82, 2.24) is 19.5 Å². The van der Waals surface area contributed by atoms with Crippen LogP contribution in [0, 0.1) is 0 Å². The molecule has 2 N–H and O–H groups in total. The molecule has 0 amide bonds. The van der Waals surface area contributed by atoms with Gasteiger partial charge in [-0.2, -0.15) is 0 Å². The second-order valence-corrected chi connectivity index (χ2v) is 3.83. The van der Waals surface area contributed by atoms with Crippen LogP contribution >= 0.6 is 0 Å². The van der Waals surface area contributed by atoms with Gasteiger partial charge in [0.2, 0.25) is 0 Å². The molecule has 3 aromatic rings. The SMILES string of the molecule is Cn1c(-c2ccnc(N)c2)nc2cnccc21. The average Bonchev–Trinajstić information content (AvgIpc) is 2.68. The number of imidazole rings is 1. The molecule has 0 aliphatic carbocycles. The third-order valence-corrected chi connectivity index (χ3v) is 2.72. The lowest BCUT2D eigenvalue weighted by Gasteiger charge is -2.02. The Morgan fingerprint density at radius 2 is 2.12 bits per heavy atom. The van der Waals surface area contributed by atoms with Gasteiger partial charge in [0.15, 0.2) is 0 Å². The summed E-state index contributed by atoms with van der Waals surface area (Å²) in [5.41, 5.74) is 8.56. The zero-order chi connectivity index (χ0) is 11.8. The highest BCUT2D eigenvalue weighted by Gasteiger charge is 2.09. The topological polar surface area (TPSA) is 69.6 Å². The second kappa shape index (κ2) is 3.55. The molecule has 84 valence electrons. The second-order valence-electron chi connectivity index (χ2n) is 3.83. The molecule has 0 saturated heterocycles. The van der Waals surface area contributed by atoms with E-state index < -0.39 is 0 Å². The molecule has 0 aliphatic heterocycles. The maximum atomic E-state index is 5.68. The van der Waals surface area contributed by atoms with Gasteiger partial charge in [0.05, 0.1) is 11.7 Å². The maximum Gasteiger partial charge on any atom is 0.141 e. The van der Waals surface area contributed by atoms with Crippen LogP contribution in [0.2, 0.25) is 0 Å². The summed E-state index contributed by atoms with van der Waals surface area (Å²) in [6.45, 7) is 0. The number of rotatable bonds is 1. The third-order valence-electron chi connectivity index (χ3n) is 2.72. The smallest absolute Gasteiger partial charge is 0.141 e. The number of nitrogens with two attached hydrogens (primary N) is 1. The molecule has 0 saturated carbocycles. The Hall–Kier alpha value is -2.43. The van der Waals surface area contributed by atoms with Gasteiger partial charge in [-0.05, 0) is 18.2 Å². The Morgan fingerprint density at radius 3 is 2.88 bits per heavy atom. The van der Waals surface area contributed by atoms with E-state index in [0.29, 0.717) is 5.82 Å². The molecule has 0 spiro atoms. The van der Waals surface area contributed by atoms with Crippen molar-refractivity contribution in [2.24, 2.45) is 7.05 Å². The number of pyridine rings is 2. The van der Waals surface area contributed by atoms with E-state index >= 15 is 0 Å². The molecule has 0 aliphatic rings. The first-order valence-electron chi connectivity index (χ1n) is 5.24. The first-order chi connectivity index (χ1) is 8.25. The monoisotopic (exact) mass is 225 g/mol. The van der Waals surface area contributed by atoms with Gasteiger partial charge >= 0.3 is 0 Å². The van der Waals surface area contributed by atoms with Crippen molar-refractivity contribution in [3.8, 4) is 11.4 Å². The van der Waals surface area contributed by atoms with Crippen molar-refractivity contribution >= 4 is 16.9 Å². The molecule has 0 radical (unpaired) electrons. The fourth-order valence-corrected chi connectivity index (χ4v) is 1.90. The van der Waals surface area contributed by atoms with Crippen molar-refractivity contribution in [1.29, 1.82) is 0 Å². The molecule has 3 heterocycles. The van der Waals surface area contributed by atoms with Crippen LogP contribution in [-0.4, -0.2) is 19.5 Å². The molecule has 0 aromatic carbocycles. The van der Waals surface area contributed by atoms with Crippen LogP contribution in [0.4, 0.5) is 5.82 Å². The van der Waals surface area contributed by atoms with Crippen LogP contribution in [0.5, 0.6) is 0 Å². The van der Waals surface area contributed by atoms with Crippen molar-refractivity contribution < 1.29 is 0 Å². The van der Waals surface area contributed by atoms with Gasteiger partial charge in [0.25, 0.3) is 0 Å². The van der Waals surface area contributed by atoms with Crippen LogP contribution in [0.25, 0.3) is 22.4 Å². The first kappa shape index (κ1) is 9.77. The summed E-state index contributed by atoms with van der Waals surface area (Å²) in [5, 5.41) is 0. The predicted molar refractivity (Wildman–Crippen MR) is 66.2 cm³/mol. The first-order valence-corrected chi connectivity index (χ1v) is 5.24. The van der Waals surface area contributed by atoms with Gasteiger partial charge in [0, 0.05) is 25.0 Å². The molecule has 0 fully saturated rings. The highest BCUT2D eigenvalue weighted by Crippen LogP contribution is 2.23. The van der Waals surface area contributed by atoms with Crippen LogP contribution < -0.4 is 5.73 Å². The molecule has 5 nitrogen and oxygen atoms in total. The molecule has 0 unspecified atom stereocenters. The Kier molecular flexibility index (Phi) is 2.04. The Morgan fingerprint density at radius 1 is 1.24 bits per heavy atom. The normalized spacial score (nSPS) is 10.9. The van der Waals surface area contributed by atoms with Crippen LogP contribution in [0.15, 0.2) is 36.8 Å². The molecule has 5 heteroatoms. The maximum absolute atomic E-state index is 5.68. The number of aromatic nitrogens is 4. The number of fused-ring (bicyclic) bond motifs is 1. The van der Waals surface area contributed by atoms with Crippen molar-refractivity contribution in [3.63, 3.8) is 0 Å². The van der Waals surface area contributed by atoms with Gasteiger partial charge < -0.3 is 10.3 Å². The summed E-state index contributed by atoms with van der Waals surface area (Å²) in [6, 6.07) is 5.65. The number of hydrogen-bond acceptors (Lipinski definition) is 4. The molecule has 17 heavy (non-hydrogen) atoms. The molecule has 3 rings (SSSR count). The summed E-state index contributed by atoms with van der Waals surface area (Å²) >= 11 is 0. The minimum absolute atomic E-state index is 0.493. The highest BCUT2D eigenvalue weighted by atomic mass is 15.1. The number of hydrogen-bond donors (Lipinski definition) is 1. The van der Waals surface area contributed by atoms with E-state index in [2.05, 4.69) is 15.0 Å². The fraction of sp³-hybridized carbons (Fsp3) is 0.0833. The van der Waals surface area contributed by atoms with Gasteiger partial charge in [-0.25, -0.2) is 9.97 Å². The van der Waals surface area contributed by atoms with Crippen LogP contribution in [0.3, 0.4) is 0 Å². The summed E-state index contributed by atoms with van der Waals surface area (Å²) in [6.07, 6.45) is 5.19. The van der Waals surface area contributed by atoms with Gasteiger partial charge in [-0.3, -0.25) is 4.98 Å². The average molecular weight is 225 g/mol. The number of nitrogen functional groups attached to an aromatic ring is 1. The Labute approximate surface area is 98.0 Å². The fourth-order valence-electron chi connectivity index (χ4n) is 1.90. The third kappa shape index (κ3) is 1.52. The predicted octanol–water partition coefficient (Wildman–Crippen LogP) is 1.61. The Bertz CT molecular complexity index is 686. The zero-order valence-corrected chi connectivity index (χ0v) is 9.33. The van der Waals surface area contributed by atoms with E-state index in [4.69, 9.17) is 5.73 Å². The minimum Gasteiger partial charge on any atom is -0.384 e. The standard InChI is InChI=1S/C12H11N5/c1-17-10-3-4-14-7-9(10)16-12(17)8-2-5-15-11(13)6-8/h2-7H,1H3,(H2,13,15). The highest BCUT2D eigenvalue weighted by molar-refractivity contribution is 5.79. The van der Waals surface area contributed by atoms with Crippen molar-refractivity contribution in [3.05, 3.63) is 36.8 Å². The van der Waals surface area contributed by atoms with E-state index in [1.165, 1.54) is 0 Å². The van der Waals surface area contributed by atoms with Gasteiger partial charge in [-0.1, -0.05) is 0 Å². The molecule has 0 bridgehead atoms. The molecule has 0 atom stereocenters. The molecular weight excluding hydrogens is 214 g/mol. The van der Waals surface area contributed by atoms with Gasteiger partial charge in [-0.15, -0.1) is 0 Å². The number of aryl methyl sites for hydroxylation is 1. The summed E-state index contributed by atoms with van der Waals surface area (Å²) in [5.74, 6) is 1.36. The summed E-state index contributed by atoms with van der Waals surface area (Å²) in [7, 11) is 1.97.